The predicted molar refractivity (Wildman–Crippen MR) is 124 cm³/mol. The third-order valence-electron chi connectivity index (χ3n) is 4.30. The summed E-state index contributed by atoms with van der Waals surface area (Å²) in [6.45, 7) is 3.60. The van der Waals surface area contributed by atoms with Crippen molar-refractivity contribution in [2.45, 2.75) is 25.2 Å². The smallest absolute Gasteiger partial charge is 0.341 e. The quantitative estimate of drug-likeness (QED) is 0.311. The highest BCUT2D eigenvalue weighted by molar-refractivity contribution is 7.89. The molecule has 0 saturated carbocycles. The first-order valence-electron chi connectivity index (χ1n) is 9.12. The van der Waals surface area contributed by atoms with Crippen LogP contribution < -0.4 is 15.6 Å². The lowest BCUT2D eigenvalue weighted by molar-refractivity contribution is 0.0601. The van der Waals surface area contributed by atoms with Gasteiger partial charge in [-0.3, -0.25) is 10.2 Å². The fourth-order valence-corrected chi connectivity index (χ4v) is 4.92. The average molecular weight is 485 g/mol. The number of carbonyl (C=O) groups excluding carboxylic acids is 2. The number of nitrogens with one attached hydrogen (secondary N) is 3. The highest BCUT2D eigenvalue weighted by Crippen LogP contribution is 2.34. The van der Waals surface area contributed by atoms with E-state index < -0.39 is 16.0 Å². The van der Waals surface area contributed by atoms with Crippen molar-refractivity contribution in [3.8, 4) is 0 Å². The van der Waals surface area contributed by atoms with E-state index in [-0.39, 0.29) is 26.5 Å². The number of methoxy groups -OCH3 is 1. The van der Waals surface area contributed by atoms with Gasteiger partial charge in [-0.05, 0) is 48.8 Å². The molecule has 12 heteroatoms. The van der Waals surface area contributed by atoms with Gasteiger partial charge in [0.25, 0.3) is 15.9 Å². The van der Waals surface area contributed by atoms with E-state index in [1.165, 1.54) is 24.1 Å². The molecule has 0 bridgehead atoms. The summed E-state index contributed by atoms with van der Waals surface area (Å²) in [7, 11) is 0.554. The molecule has 0 fully saturated rings. The van der Waals surface area contributed by atoms with Gasteiger partial charge < -0.3 is 15.0 Å². The molecule has 9 nitrogen and oxygen atoms in total. The van der Waals surface area contributed by atoms with Gasteiger partial charge >= 0.3 is 5.97 Å². The standard InChI is InChI=1S/C19H24N4O5S3/c1-6-12-7-9-13(10-8-12)31(26,27)22-21-19(29)20-16-14(18(25)28-5)11(2)15(30-16)17(24)23(3)4/h7-10,22H,6H2,1-5H3,(H2,20,21,29). The predicted octanol–water partition coefficient (Wildman–Crippen LogP) is 2.29. The lowest BCUT2D eigenvalue weighted by Crippen LogP contribution is -2.43. The van der Waals surface area contributed by atoms with E-state index in [0.717, 1.165) is 23.3 Å². The van der Waals surface area contributed by atoms with Crippen LogP contribution in [0.4, 0.5) is 5.00 Å². The van der Waals surface area contributed by atoms with E-state index in [2.05, 4.69) is 15.6 Å². The molecule has 0 aliphatic rings. The van der Waals surface area contributed by atoms with Gasteiger partial charge in [-0.1, -0.05) is 19.1 Å². The highest BCUT2D eigenvalue weighted by Gasteiger charge is 2.26. The molecule has 0 radical (unpaired) electrons. The molecule has 0 saturated heterocycles. The Labute approximate surface area is 190 Å². The van der Waals surface area contributed by atoms with Crippen molar-refractivity contribution in [2.75, 3.05) is 26.5 Å². The molecule has 31 heavy (non-hydrogen) atoms. The van der Waals surface area contributed by atoms with Crippen molar-refractivity contribution >= 4 is 55.6 Å². The molecule has 0 atom stereocenters. The number of carbonyl (C=O) groups is 2. The van der Waals surface area contributed by atoms with Gasteiger partial charge in [0.15, 0.2) is 5.11 Å². The SMILES string of the molecule is CCc1ccc(S(=O)(=O)NNC(=S)Nc2sc(C(=O)N(C)C)c(C)c2C(=O)OC)cc1. The number of hydrogen-bond donors (Lipinski definition) is 3. The second kappa shape index (κ2) is 10.2. The van der Waals surface area contributed by atoms with Crippen molar-refractivity contribution in [3.05, 3.63) is 45.8 Å². The zero-order valence-corrected chi connectivity index (χ0v) is 20.2. The molecule has 1 aromatic carbocycles. The summed E-state index contributed by atoms with van der Waals surface area (Å²) >= 11 is 6.18. The minimum Gasteiger partial charge on any atom is -0.465 e. The summed E-state index contributed by atoms with van der Waals surface area (Å²) in [6, 6.07) is 6.45. The second-order valence-corrected chi connectivity index (χ2v) is 9.74. The summed E-state index contributed by atoms with van der Waals surface area (Å²) in [4.78, 5) is 28.6. The number of ether oxygens (including phenoxy) is 1. The lowest BCUT2D eigenvalue weighted by Gasteiger charge is -2.12. The molecule has 1 aromatic heterocycles. The Hall–Kier alpha value is -2.54. The van der Waals surface area contributed by atoms with Gasteiger partial charge in [-0.2, -0.15) is 0 Å². The number of nitrogens with zero attached hydrogens (tertiary/aromatic N) is 1. The molecule has 168 valence electrons. The Kier molecular flexibility index (Phi) is 8.12. The van der Waals surface area contributed by atoms with Crippen molar-refractivity contribution < 1.29 is 22.7 Å². The Bertz CT molecular complexity index is 1090. The van der Waals surface area contributed by atoms with E-state index in [0.29, 0.717) is 10.4 Å². The van der Waals surface area contributed by atoms with Crippen LogP contribution in [-0.2, 0) is 21.2 Å². The first-order valence-corrected chi connectivity index (χ1v) is 11.8. The minimum atomic E-state index is -3.87. The maximum atomic E-state index is 12.4. The Balaban J connectivity index is 2.19. The summed E-state index contributed by atoms with van der Waals surface area (Å²) in [5.74, 6) is -0.927. The number of esters is 1. The maximum absolute atomic E-state index is 12.4. The molecular weight excluding hydrogens is 460 g/mol. The van der Waals surface area contributed by atoms with Crippen LogP contribution in [-0.4, -0.2) is 51.5 Å². The summed E-state index contributed by atoms with van der Waals surface area (Å²) in [5.41, 5.74) is 4.01. The van der Waals surface area contributed by atoms with Crippen LogP contribution in [0.5, 0.6) is 0 Å². The van der Waals surface area contributed by atoms with Gasteiger partial charge in [0.05, 0.1) is 22.4 Å². The molecule has 0 spiro atoms. The Morgan fingerprint density at radius 1 is 1.19 bits per heavy atom. The third kappa shape index (κ3) is 5.79. The molecule has 2 rings (SSSR count). The van der Waals surface area contributed by atoms with Crippen LogP contribution >= 0.6 is 23.6 Å². The first kappa shape index (κ1) is 24.7. The number of rotatable bonds is 7. The molecule has 1 amide bonds. The maximum Gasteiger partial charge on any atom is 0.341 e. The van der Waals surface area contributed by atoms with Crippen LogP contribution in [0, 0.1) is 6.92 Å². The monoisotopic (exact) mass is 484 g/mol. The molecule has 3 N–H and O–H groups in total. The molecule has 1 heterocycles. The summed E-state index contributed by atoms with van der Waals surface area (Å²) < 4.78 is 29.7. The van der Waals surface area contributed by atoms with Crippen molar-refractivity contribution in [1.29, 1.82) is 0 Å². The van der Waals surface area contributed by atoms with Crippen LogP contribution in [0.25, 0.3) is 0 Å². The number of hydrogen-bond acceptors (Lipinski definition) is 7. The second-order valence-electron chi connectivity index (χ2n) is 6.63. The number of thiophene rings is 1. The van der Waals surface area contributed by atoms with Crippen molar-refractivity contribution in [2.24, 2.45) is 0 Å². The highest BCUT2D eigenvalue weighted by atomic mass is 32.2. The Morgan fingerprint density at radius 3 is 2.32 bits per heavy atom. The lowest BCUT2D eigenvalue weighted by atomic mass is 10.1. The number of aryl methyl sites for hydroxylation is 1. The van der Waals surface area contributed by atoms with Gasteiger partial charge in [-0.25, -0.2) is 13.2 Å². The van der Waals surface area contributed by atoms with E-state index in [4.69, 9.17) is 17.0 Å². The number of sulfonamides is 1. The normalized spacial score (nSPS) is 11.0. The van der Waals surface area contributed by atoms with Crippen LogP contribution in [0.3, 0.4) is 0 Å². The number of amides is 1. The zero-order chi connectivity index (χ0) is 23.3. The molecular formula is C19H24N4O5S3. The number of hydrazine groups is 1. The van der Waals surface area contributed by atoms with Crippen LogP contribution in [0.15, 0.2) is 29.2 Å². The van der Waals surface area contributed by atoms with E-state index in [1.54, 1.807) is 33.2 Å². The number of anilines is 1. The van der Waals surface area contributed by atoms with Gasteiger partial charge in [0.1, 0.15) is 5.00 Å². The van der Waals surface area contributed by atoms with Gasteiger partial charge in [0.2, 0.25) is 0 Å². The minimum absolute atomic E-state index is 0.0704. The molecule has 0 unspecified atom stereocenters. The van der Waals surface area contributed by atoms with Gasteiger partial charge in [-0.15, -0.1) is 16.2 Å². The average Bonchev–Trinajstić information content (AvgIpc) is 3.06. The van der Waals surface area contributed by atoms with Crippen LogP contribution in [0.2, 0.25) is 0 Å². The third-order valence-corrected chi connectivity index (χ3v) is 6.97. The molecule has 2 aromatic rings. The first-order chi connectivity index (χ1) is 14.5. The van der Waals surface area contributed by atoms with E-state index in [1.807, 2.05) is 6.92 Å². The van der Waals surface area contributed by atoms with Gasteiger partial charge in [0, 0.05) is 14.1 Å². The van der Waals surface area contributed by atoms with E-state index in [9.17, 15) is 18.0 Å². The van der Waals surface area contributed by atoms with E-state index >= 15 is 0 Å². The largest absolute Gasteiger partial charge is 0.465 e. The topological polar surface area (TPSA) is 117 Å². The fraction of sp³-hybridized carbons (Fsp3) is 0.316. The zero-order valence-electron chi connectivity index (χ0n) is 17.7. The van der Waals surface area contributed by atoms with Crippen LogP contribution in [0.1, 0.15) is 38.1 Å². The van der Waals surface area contributed by atoms with Crippen molar-refractivity contribution in [3.63, 3.8) is 0 Å². The number of thiocarbonyl (C=S) groups is 1. The Morgan fingerprint density at radius 2 is 1.81 bits per heavy atom. The number of benzene rings is 1. The van der Waals surface area contributed by atoms with Crippen molar-refractivity contribution in [1.82, 2.24) is 15.2 Å². The molecule has 0 aliphatic heterocycles. The fourth-order valence-electron chi connectivity index (χ4n) is 2.57. The molecule has 0 aliphatic carbocycles. The summed E-state index contributed by atoms with van der Waals surface area (Å²) in [6.07, 6.45) is 0.793. The summed E-state index contributed by atoms with van der Waals surface area (Å²) in [5, 5.41) is 2.92.